The third-order valence-corrected chi connectivity index (χ3v) is 5.43. The lowest BCUT2D eigenvalue weighted by Crippen LogP contribution is -2.44. The molecule has 1 N–H and O–H groups in total. The van der Waals surface area contributed by atoms with Crippen LogP contribution in [0.1, 0.15) is 25.3 Å². The number of nitrogens with one attached hydrogen (secondary N) is 1. The van der Waals surface area contributed by atoms with Crippen LogP contribution in [0.2, 0.25) is 0 Å². The zero-order chi connectivity index (χ0) is 19.4. The molecule has 5 heteroatoms. The van der Waals surface area contributed by atoms with Crippen molar-refractivity contribution >= 4 is 11.8 Å². The van der Waals surface area contributed by atoms with E-state index in [9.17, 15) is 14.0 Å². The molecule has 1 aliphatic rings. The molecule has 1 saturated heterocycles. The van der Waals surface area contributed by atoms with Crippen molar-refractivity contribution in [2.45, 2.75) is 26.2 Å². The summed E-state index contributed by atoms with van der Waals surface area (Å²) in [6.07, 6.45) is 1.49. The van der Waals surface area contributed by atoms with E-state index in [1.165, 1.54) is 6.07 Å². The fourth-order valence-electron chi connectivity index (χ4n) is 3.97. The molecule has 0 radical (unpaired) electrons. The summed E-state index contributed by atoms with van der Waals surface area (Å²) in [5, 5.41) is 2.77. The minimum absolute atomic E-state index is 0.0585. The number of benzene rings is 2. The van der Waals surface area contributed by atoms with Gasteiger partial charge in [0.25, 0.3) is 0 Å². The first-order valence-corrected chi connectivity index (χ1v) is 9.33. The SMILES string of the molecule is CCC(=O)N1CC[C@@](Cc2ccccc2-c2ccccc2F)(C(=O)NC)C1. The van der Waals surface area contributed by atoms with Gasteiger partial charge in [-0.2, -0.15) is 0 Å². The number of amides is 2. The van der Waals surface area contributed by atoms with Crippen molar-refractivity contribution in [1.29, 1.82) is 0 Å². The lowest BCUT2D eigenvalue weighted by atomic mass is 9.78. The lowest BCUT2D eigenvalue weighted by Gasteiger charge is -2.28. The predicted molar refractivity (Wildman–Crippen MR) is 104 cm³/mol. The number of rotatable bonds is 5. The molecule has 142 valence electrons. The summed E-state index contributed by atoms with van der Waals surface area (Å²) >= 11 is 0. The second-order valence-electron chi connectivity index (χ2n) is 7.09. The monoisotopic (exact) mass is 368 g/mol. The zero-order valence-electron chi connectivity index (χ0n) is 15.8. The lowest BCUT2D eigenvalue weighted by molar-refractivity contribution is -0.132. The minimum Gasteiger partial charge on any atom is -0.359 e. The maximum Gasteiger partial charge on any atom is 0.228 e. The van der Waals surface area contributed by atoms with Gasteiger partial charge in [0.2, 0.25) is 11.8 Å². The number of carbonyl (C=O) groups is 2. The van der Waals surface area contributed by atoms with Crippen LogP contribution in [0.5, 0.6) is 0 Å². The summed E-state index contributed by atoms with van der Waals surface area (Å²) in [6, 6.07) is 14.3. The first kappa shape index (κ1) is 19.1. The number of nitrogens with zero attached hydrogens (tertiary/aromatic N) is 1. The molecule has 0 aliphatic carbocycles. The Balaban J connectivity index is 1.98. The Labute approximate surface area is 159 Å². The van der Waals surface area contributed by atoms with Crippen LogP contribution < -0.4 is 5.32 Å². The van der Waals surface area contributed by atoms with E-state index >= 15 is 0 Å². The summed E-state index contributed by atoms with van der Waals surface area (Å²) in [4.78, 5) is 26.7. The van der Waals surface area contributed by atoms with Crippen molar-refractivity contribution < 1.29 is 14.0 Å². The predicted octanol–water partition coefficient (Wildman–Crippen LogP) is 3.41. The molecule has 4 nitrogen and oxygen atoms in total. The maximum atomic E-state index is 14.4. The van der Waals surface area contributed by atoms with E-state index < -0.39 is 5.41 Å². The molecule has 27 heavy (non-hydrogen) atoms. The van der Waals surface area contributed by atoms with E-state index in [0.717, 1.165) is 11.1 Å². The fraction of sp³-hybridized carbons (Fsp3) is 0.364. The quantitative estimate of drug-likeness (QED) is 0.879. The Bertz CT molecular complexity index is 852. The Morgan fingerprint density at radius 1 is 1.11 bits per heavy atom. The Morgan fingerprint density at radius 3 is 2.44 bits per heavy atom. The zero-order valence-corrected chi connectivity index (χ0v) is 15.8. The first-order valence-electron chi connectivity index (χ1n) is 9.33. The van der Waals surface area contributed by atoms with Gasteiger partial charge in [-0.05, 0) is 30.0 Å². The topological polar surface area (TPSA) is 49.4 Å². The average Bonchev–Trinajstić information content (AvgIpc) is 3.13. The summed E-state index contributed by atoms with van der Waals surface area (Å²) < 4.78 is 14.4. The van der Waals surface area contributed by atoms with Crippen LogP contribution in [-0.2, 0) is 16.0 Å². The third kappa shape index (κ3) is 3.72. The molecule has 3 rings (SSSR count). The highest BCUT2D eigenvalue weighted by atomic mass is 19.1. The Morgan fingerprint density at radius 2 is 1.78 bits per heavy atom. The van der Waals surface area contributed by atoms with E-state index in [-0.39, 0.29) is 17.6 Å². The molecule has 2 aromatic carbocycles. The molecule has 0 aromatic heterocycles. The highest BCUT2D eigenvalue weighted by molar-refractivity contribution is 5.86. The number of hydrogen-bond donors (Lipinski definition) is 1. The summed E-state index contributed by atoms with van der Waals surface area (Å²) in [7, 11) is 1.62. The van der Waals surface area contributed by atoms with Crippen LogP contribution >= 0.6 is 0 Å². The highest BCUT2D eigenvalue weighted by Gasteiger charge is 2.45. The van der Waals surface area contributed by atoms with Crippen molar-refractivity contribution in [3.8, 4) is 11.1 Å². The number of hydrogen-bond acceptors (Lipinski definition) is 2. The van der Waals surface area contributed by atoms with Crippen molar-refractivity contribution in [2.24, 2.45) is 5.41 Å². The molecule has 0 saturated carbocycles. The van der Waals surface area contributed by atoms with Crippen molar-refractivity contribution in [1.82, 2.24) is 10.2 Å². The van der Waals surface area contributed by atoms with Gasteiger partial charge in [0.05, 0.1) is 5.41 Å². The van der Waals surface area contributed by atoms with Crippen LogP contribution in [0, 0.1) is 11.2 Å². The van der Waals surface area contributed by atoms with Gasteiger partial charge in [-0.1, -0.05) is 49.4 Å². The molecule has 0 bridgehead atoms. The molecule has 1 atom stereocenters. The van der Waals surface area contributed by atoms with Crippen molar-refractivity contribution in [3.63, 3.8) is 0 Å². The van der Waals surface area contributed by atoms with Gasteiger partial charge in [0.1, 0.15) is 5.82 Å². The highest BCUT2D eigenvalue weighted by Crippen LogP contribution is 2.38. The molecular weight excluding hydrogens is 343 g/mol. The standard InChI is InChI=1S/C22H25FN2O2/c1-3-20(26)25-13-12-22(15-25,21(27)24-2)14-16-8-4-5-9-17(16)18-10-6-7-11-19(18)23/h4-11H,3,12-15H2,1-2H3,(H,24,27)/t22-/m0/s1. The van der Waals surface area contributed by atoms with Gasteiger partial charge in [-0.15, -0.1) is 0 Å². The molecule has 2 amide bonds. The summed E-state index contributed by atoms with van der Waals surface area (Å²) in [5.41, 5.74) is 1.54. The van der Waals surface area contributed by atoms with Crippen LogP contribution in [0.3, 0.4) is 0 Å². The molecule has 0 spiro atoms. The molecule has 1 fully saturated rings. The van der Waals surface area contributed by atoms with Gasteiger partial charge in [0, 0.05) is 32.1 Å². The van der Waals surface area contributed by atoms with Gasteiger partial charge < -0.3 is 10.2 Å². The fourth-order valence-corrected chi connectivity index (χ4v) is 3.97. The van der Waals surface area contributed by atoms with E-state index in [1.807, 2.05) is 31.2 Å². The summed E-state index contributed by atoms with van der Waals surface area (Å²) in [6.45, 7) is 2.79. The molecule has 0 unspecified atom stereocenters. The first-order chi connectivity index (χ1) is 13.0. The van der Waals surface area contributed by atoms with Gasteiger partial charge in [-0.25, -0.2) is 4.39 Å². The van der Waals surface area contributed by atoms with Crippen LogP contribution in [0.4, 0.5) is 4.39 Å². The number of likely N-dealkylation sites (tertiary alicyclic amines) is 1. The minimum atomic E-state index is -0.694. The Hall–Kier alpha value is -2.69. The normalized spacial score (nSPS) is 19.1. The van der Waals surface area contributed by atoms with E-state index in [1.54, 1.807) is 30.1 Å². The van der Waals surface area contributed by atoms with Gasteiger partial charge >= 0.3 is 0 Å². The largest absolute Gasteiger partial charge is 0.359 e. The third-order valence-electron chi connectivity index (χ3n) is 5.43. The molecule has 1 heterocycles. The second-order valence-corrected chi connectivity index (χ2v) is 7.09. The van der Waals surface area contributed by atoms with E-state index in [4.69, 9.17) is 0 Å². The van der Waals surface area contributed by atoms with Crippen LogP contribution in [0.25, 0.3) is 11.1 Å². The number of carbonyl (C=O) groups excluding carboxylic acids is 2. The van der Waals surface area contributed by atoms with Crippen LogP contribution in [0.15, 0.2) is 48.5 Å². The van der Waals surface area contributed by atoms with E-state index in [0.29, 0.717) is 37.9 Å². The molecule has 2 aromatic rings. The van der Waals surface area contributed by atoms with Gasteiger partial charge in [0.15, 0.2) is 0 Å². The summed E-state index contributed by atoms with van der Waals surface area (Å²) in [5.74, 6) is -0.298. The van der Waals surface area contributed by atoms with Crippen LogP contribution in [-0.4, -0.2) is 36.9 Å². The van der Waals surface area contributed by atoms with E-state index in [2.05, 4.69) is 5.32 Å². The molecular formula is C22H25FN2O2. The number of halogens is 1. The smallest absolute Gasteiger partial charge is 0.228 e. The second kappa shape index (κ2) is 7.91. The van der Waals surface area contributed by atoms with Crippen molar-refractivity contribution in [3.05, 3.63) is 59.9 Å². The molecule has 1 aliphatic heterocycles. The average molecular weight is 368 g/mol. The van der Waals surface area contributed by atoms with Gasteiger partial charge in [-0.3, -0.25) is 9.59 Å². The maximum absolute atomic E-state index is 14.4. The van der Waals surface area contributed by atoms with Crippen molar-refractivity contribution in [2.75, 3.05) is 20.1 Å². The Kier molecular flexibility index (Phi) is 5.59.